The Kier molecular flexibility index (Phi) is 5.36. The highest BCUT2D eigenvalue weighted by Gasteiger charge is 2.23. The number of H-pyrrole nitrogens is 1. The molecule has 4 rings (SSSR count). The lowest BCUT2D eigenvalue weighted by atomic mass is 10.1. The quantitative estimate of drug-likeness (QED) is 0.678. The van der Waals surface area contributed by atoms with Gasteiger partial charge in [0.1, 0.15) is 0 Å². The third-order valence-electron chi connectivity index (χ3n) is 5.59. The molecule has 2 aromatic carbocycles. The van der Waals surface area contributed by atoms with Crippen LogP contribution in [0.2, 0.25) is 0 Å². The van der Waals surface area contributed by atoms with Crippen LogP contribution >= 0.6 is 0 Å². The molecule has 0 bridgehead atoms. The van der Waals surface area contributed by atoms with Crippen molar-refractivity contribution in [3.05, 3.63) is 76.1 Å². The fourth-order valence-corrected chi connectivity index (χ4v) is 4.19. The number of pyridine rings is 1. The third-order valence-corrected chi connectivity index (χ3v) is 5.59. The molecule has 3 N–H and O–H groups in total. The van der Waals surface area contributed by atoms with Gasteiger partial charge in [-0.05, 0) is 49.7 Å². The van der Waals surface area contributed by atoms with Crippen molar-refractivity contribution in [3.63, 3.8) is 0 Å². The van der Waals surface area contributed by atoms with E-state index in [-0.39, 0.29) is 5.43 Å². The van der Waals surface area contributed by atoms with Gasteiger partial charge in [0.25, 0.3) is 0 Å². The first-order chi connectivity index (χ1) is 14.0. The second kappa shape index (κ2) is 8.09. The first-order valence-electron chi connectivity index (χ1n) is 9.94. The van der Waals surface area contributed by atoms with Gasteiger partial charge in [-0.3, -0.25) is 9.59 Å². The van der Waals surface area contributed by atoms with E-state index in [4.69, 9.17) is 5.73 Å². The number of anilines is 1. The molecule has 1 fully saturated rings. The smallest absolute Gasteiger partial charge is 0.248 e. The van der Waals surface area contributed by atoms with Crippen molar-refractivity contribution >= 4 is 22.5 Å². The number of hydrogen-bond donors (Lipinski definition) is 2. The lowest BCUT2D eigenvalue weighted by Gasteiger charge is -2.22. The fraction of sp³-hybridized carbons (Fsp3) is 0.304. The van der Waals surface area contributed by atoms with Crippen molar-refractivity contribution in [1.29, 1.82) is 0 Å². The minimum absolute atomic E-state index is 0.0960. The zero-order chi connectivity index (χ0) is 20.4. The Balaban J connectivity index is 1.41. The van der Waals surface area contributed by atoms with Crippen molar-refractivity contribution in [1.82, 2.24) is 9.88 Å². The highest BCUT2D eigenvalue weighted by molar-refractivity contribution is 5.96. The van der Waals surface area contributed by atoms with Crippen molar-refractivity contribution < 1.29 is 4.79 Å². The topological polar surface area (TPSA) is 82.4 Å². The van der Waals surface area contributed by atoms with Crippen LogP contribution in [-0.2, 0) is 6.54 Å². The molecular formula is C23H26N4O2. The van der Waals surface area contributed by atoms with Crippen LogP contribution in [0.3, 0.4) is 0 Å². The fourth-order valence-electron chi connectivity index (χ4n) is 4.19. The number of aromatic amines is 1. The number of nitrogens with zero attached hydrogens (tertiary/aromatic N) is 2. The molecule has 1 aliphatic heterocycles. The number of aromatic nitrogens is 1. The summed E-state index contributed by atoms with van der Waals surface area (Å²) in [7, 11) is 2.09. The summed E-state index contributed by atoms with van der Waals surface area (Å²) in [6.45, 7) is 3.78. The molecule has 6 heteroatoms. The number of carbonyl (C=O) groups excluding carboxylic acids is 1. The van der Waals surface area contributed by atoms with Crippen LogP contribution in [0.5, 0.6) is 0 Å². The molecule has 150 valence electrons. The Morgan fingerprint density at radius 1 is 1.21 bits per heavy atom. The Bertz CT molecular complexity index is 1080. The Morgan fingerprint density at radius 2 is 2.00 bits per heavy atom. The normalized spacial score (nSPS) is 16.6. The lowest BCUT2D eigenvalue weighted by molar-refractivity contribution is 0.100. The minimum atomic E-state index is -0.531. The lowest BCUT2D eigenvalue weighted by Crippen LogP contribution is -2.28. The van der Waals surface area contributed by atoms with Crippen molar-refractivity contribution in [3.8, 4) is 0 Å². The van der Waals surface area contributed by atoms with Crippen molar-refractivity contribution in [2.75, 3.05) is 31.6 Å². The van der Waals surface area contributed by atoms with E-state index in [2.05, 4.69) is 46.1 Å². The maximum absolute atomic E-state index is 12.5. The van der Waals surface area contributed by atoms with E-state index in [1.807, 2.05) is 6.07 Å². The largest absolute Gasteiger partial charge is 0.371 e. The molecule has 0 unspecified atom stereocenters. The SMILES string of the molecule is CN(Cc1cc(=O)c2cc(C(N)=O)ccc2[nH]1)C[C@@H]1CCN(c2ccccc2)C1. The number of para-hydroxylation sites is 1. The minimum Gasteiger partial charge on any atom is -0.371 e. The number of carbonyl (C=O) groups is 1. The van der Waals surface area contributed by atoms with Crippen molar-refractivity contribution in [2.24, 2.45) is 11.7 Å². The van der Waals surface area contributed by atoms with E-state index in [0.29, 0.717) is 23.4 Å². The molecule has 1 aliphatic rings. The number of amides is 1. The van der Waals surface area contributed by atoms with E-state index >= 15 is 0 Å². The number of hydrogen-bond acceptors (Lipinski definition) is 4. The van der Waals surface area contributed by atoms with Crippen LogP contribution in [0.1, 0.15) is 22.5 Å². The van der Waals surface area contributed by atoms with Gasteiger partial charge in [-0.25, -0.2) is 0 Å². The monoisotopic (exact) mass is 390 g/mol. The molecule has 1 saturated heterocycles. The van der Waals surface area contributed by atoms with Gasteiger partial charge in [0, 0.05) is 60.1 Å². The number of benzene rings is 2. The van der Waals surface area contributed by atoms with Gasteiger partial charge < -0.3 is 20.5 Å². The van der Waals surface area contributed by atoms with Gasteiger partial charge in [0.05, 0.1) is 0 Å². The second-order valence-electron chi connectivity index (χ2n) is 7.92. The Morgan fingerprint density at radius 3 is 2.76 bits per heavy atom. The summed E-state index contributed by atoms with van der Waals surface area (Å²) in [6.07, 6.45) is 1.17. The third kappa shape index (κ3) is 4.32. The molecule has 29 heavy (non-hydrogen) atoms. The summed E-state index contributed by atoms with van der Waals surface area (Å²) in [5, 5.41) is 0.488. The van der Waals surface area contributed by atoms with Gasteiger partial charge in [0.15, 0.2) is 5.43 Å². The summed E-state index contributed by atoms with van der Waals surface area (Å²) in [6, 6.07) is 17.1. The van der Waals surface area contributed by atoms with Crippen LogP contribution in [0.15, 0.2) is 59.4 Å². The number of nitrogens with one attached hydrogen (secondary N) is 1. The van der Waals surface area contributed by atoms with Gasteiger partial charge in [0.2, 0.25) is 5.91 Å². The predicted octanol–water partition coefficient (Wildman–Crippen LogP) is 2.59. The van der Waals surface area contributed by atoms with Gasteiger partial charge in [-0.15, -0.1) is 0 Å². The van der Waals surface area contributed by atoms with Gasteiger partial charge in [-0.2, -0.15) is 0 Å². The Hall–Kier alpha value is -3.12. The summed E-state index contributed by atoms with van der Waals surface area (Å²) >= 11 is 0. The number of rotatable bonds is 6. The van der Waals surface area contributed by atoms with E-state index < -0.39 is 5.91 Å². The Labute approximate surface area is 169 Å². The zero-order valence-electron chi connectivity index (χ0n) is 16.6. The van der Waals surface area contributed by atoms with Crippen molar-refractivity contribution in [2.45, 2.75) is 13.0 Å². The highest BCUT2D eigenvalue weighted by atomic mass is 16.1. The number of primary amides is 1. The highest BCUT2D eigenvalue weighted by Crippen LogP contribution is 2.24. The molecule has 0 spiro atoms. The average Bonchev–Trinajstić information content (AvgIpc) is 3.16. The van der Waals surface area contributed by atoms with Crippen LogP contribution < -0.4 is 16.1 Å². The van der Waals surface area contributed by atoms with E-state index in [1.54, 1.807) is 24.3 Å². The van der Waals surface area contributed by atoms with Gasteiger partial charge in [-0.1, -0.05) is 18.2 Å². The predicted molar refractivity (Wildman–Crippen MR) is 116 cm³/mol. The number of fused-ring (bicyclic) bond motifs is 1. The maximum Gasteiger partial charge on any atom is 0.248 e. The molecule has 0 radical (unpaired) electrons. The second-order valence-corrected chi connectivity index (χ2v) is 7.92. The first-order valence-corrected chi connectivity index (χ1v) is 9.94. The molecule has 0 saturated carbocycles. The molecule has 1 amide bonds. The summed E-state index contributed by atoms with van der Waals surface area (Å²) in [4.78, 5) is 31.9. The molecule has 6 nitrogen and oxygen atoms in total. The molecule has 3 aromatic rings. The van der Waals surface area contributed by atoms with Crippen LogP contribution in [0.4, 0.5) is 5.69 Å². The van der Waals surface area contributed by atoms with Crippen LogP contribution in [-0.4, -0.2) is 42.5 Å². The average molecular weight is 390 g/mol. The molecule has 0 aliphatic carbocycles. The molecular weight excluding hydrogens is 364 g/mol. The zero-order valence-corrected chi connectivity index (χ0v) is 16.6. The van der Waals surface area contributed by atoms with Crippen LogP contribution in [0, 0.1) is 5.92 Å². The van der Waals surface area contributed by atoms with E-state index in [1.165, 1.54) is 12.1 Å². The summed E-state index contributed by atoms with van der Waals surface area (Å²) in [5.41, 5.74) is 8.44. The number of nitrogens with two attached hydrogens (primary N) is 1. The van der Waals surface area contributed by atoms with E-state index in [0.717, 1.165) is 30.8 Å². The summed E-state index contributed by atoms with van der Waals surface area (Å²) in [5.74, 6) is 0.0710. The molecule has 1 aromatic heterocycles. The molecule has 2 heterocycles. The van der Waals surface area contributed by atoms with E-state index in [9.17, 15) is 9.59 Å². The van der Waals surface area contributed by atoms with Gasteiger partial charge >= 0.3 is 0 Å². The standard InChI is InChI=1S/C23H26N4O2/c1-26(13-16-9-10-27(14-16)19-5-3-2-4-6-19)15-18-12-22(28)20-11-17(23(24)29)7-8-21(20)25-18/h2-8,11-12,16H,9-10,13-15H2,1H3,(H2,24,29)(H,25,28)/t16-/m0/s1. The summed E-state index contributed by atoms with van der Waals surface area (Å²) < 4.78 is 0. The molecule has 1 atom stereocenters. The van der Waals surface area contributed by atoms with Crippen LogP contribution in [0.25, 0.3) is 10.9 Å². The first kappa shape index (κ1) is 19.2. The maximum atomic E-state index is 12.5.